The van der Waals surface area contributed by atoms with Crippen molar-refractivity contribution in [2.45, 2.75) is 58.0 Å². The summed E-state index contributed by atoms with van der Waals surface area (Å²) >= 11 is 0. The van der Waals surface area contributed by atoms with Crippen LogP contribution >= 0.6 is 0 Å². The van der Waals surface area contributed by atoms with E-state index in [4.69, 9.17) is 5.11 Å². The van der Waals surface area contributed by atoms with E-state index in [2.05, 4.69) is 25.7 Å². The Bertz CT molecular complexity index is 208. The number of aliphatic carboxylic acids is 1. The Labute approximate surface area is 86.1 Å². The van der Waals surface area contributed by atoms with Crippen LogP contribution in [0.2, 0.25) is 0 Å². The summed E-state index contributed by atoms with van der Waals surface area (Å²) in [5, 5.41) is 9.16. The van der Waals surface area contributed by atoms with Gasteiger partial charge < -0.3 is 5.11 Å². The summed E-state index contributed by atoms with van der Waals surface area (Å²) in [4.78, 5) is 13.2. The van der Waals surface area contributed by atoms with Crippen LogP contribution in [0, 0.1) is 0 Å². The summed E-state index contributed by atoms with van der Waals surface area (Å²) in [6.07, 6.45) is 4.13. The molecule has 1 atom stereocenters. The summed E-state index contributed by atoms with van der Waals surface area (Å²) in [6.45, 7) is 7.19. The van der Waals surface area contributed by atoms with Crippen LogP contribution in [0.4, 0.5) is 0 Å². The molecule has 0 aromatic carbocycles. The maximum atomic E-state index is 11.1. The molecule has 0 aromatic rings. The Morgan fingerprint density at radius 1 is 1.29 bits per heavy atom. The van der Waals surface area contributed by atoms with Crippen molar-refractivity contribution in [3.05, 3.63) is 0 Å². The van der Waals surface area contributed by atoms with Gasteiger partial charge in [0.1, 0.15) is 6.04 Å². The molecule has 0 saturated carbocycles. The van der Waals surface area contributed by atoms with Gasteiger partial charge in [0.25, 0.3) is 0 Å². The average molecular weight is 199 g/mol. The summed E-state index contributed by atoms with van der Waals surface area (Å²) in [5.74, 6) is -0.665. The minimum Gasteiger partial charge on any atom is -0.480 e. The van der Waals surface area contributed by atoms with Crippen LogP contribution in [0.5, 0.6) is 0 Å². The van der Waals surface area contributed by atoms with Gasteiger partial charge in [-0.15, -0.1) is 0 Å². The Kier molecular flexibility index (Phi) is 3.53. The number of nitrogens with zero attached hydrogens (tertiary/aromatic N) is 1. The lowest BCUT2D eigenvalue weighted by Crippen LogP contribution is -2.51. The van der Waals surface area contributed by atoms with Crippen molar-refractivity contribution in [1.82, 2.24) is 4.90 Å². The molecule has 0 aliphatic carbocycles. The third-order valence-electron chi connectivity index (χ3n) is 2.90. The van der Waals surface area contributed by atoms with Crippen LogP contribution < -0.4 is 0 Å². The third-order valence-corrected chi connectivity index (χ3v) is 2.90. The standard InChI is InChI=1S/C11H21NO2/c1-11(2,3)12-8-6-4-5-7-9(12)10(13)14/h9H,4-8H2,1-3H3,(H,13,14). The molecule has 82 valence electrons. The number of carboxylic acid groups (broad SMARTS) is 1. The lowest BCUT2D eigenvalue weighted by molar-refractivity contribution is -0.145. The molecule has 0 amide bonds. The monoisotopic (exact) mass is 199 g/mol. The fraction of sp³-hybridized carbons (Fsp3) is 0.909. The van der Waals surface area contributed by atoms with Crippen LogP contribution in [0.1, 0.15) is 46.5 Å². The summed E-state index contributed by atoms with van der Waals surface area (Å²) < 4.78 is 0. The van der Waals surface area contributed by atoms with Crippen molar-refractivity contribution in [1.29, 1.82) is 0 Å². The lowest BCUT2D eigenvalue weighted by atomic mass is 10.0. The first-order valence-electron chi connectivity index (χ1n) is 5.42. The molecule has 1 saturated heterocycles. The molecule has 1 N–H and O–H groups in total. The zero-order chi connectivity index (χ0) is 10.8. The van der Waals surface area contributed by atoms with Crippen molar-refractivity contribution >= 4 is 5.97 Å². The van der Waals surface area contributed by atoms with Gasteiger partial charge in [0, 0.05) is 5.54 Å². The van der Waals surface area contributed by atoms with E-state index in [1.165, 1.54) is 0 Å². The van der Waals surface area contributed by atoms with Gasteiger partial charge in [0.05, 0.1) is 0 Å². The lowest BCUT2D eigenvalue weighted by Gasteiger charge is -2.38. The Morgan fingerprint density at radius 2 is 1.93 bits per heavy atom. The zero-order valence-corrected chi connectivity index (χ0v) is 9.42. The van der Waals surface area contributed by atoms with E-state index < -0.39 is 5.97 Å². The highest BCUT2D eigenvalue weighted by Gasteiger charge is 2.33. The molecule has 0 spiro atoms. The van der Waals surface area contributed by atoms with E-state index in [-0.39, 0.29) is 11.6 Å². The van der Waals surface area contributed by atoms with E-state index in [1.807, 2.05) is 0 Å². The van der Waals surface area contributed by atoms with Gasteiger partial charge >= 0.3 is 5.97 Å². The van der Waals surface area contributed by atoms with Crippen molar-refractivity contribution in [3.8, 4) is 0 Å². The number of rotatable bonds is 1. The first kappa shape index (κ1) is 11.5. The number of hydrogen-bond donors (Lipinski definition) is 1. The van der Waals surface area contributed by atoms with E-state index in [0.29, 0.717) is 0 Å². The molecular weight excluding hydrogens is 178 g/mol. The molecule has 1 aliphatic heterocycles. The van der Waals surface area contributed by atoms with Gasteiger partial charge in [-0.25, -0.2) is 0 Å². The van der Waals surface area contributed by atoms with Crippen LogP contribution in [0.3, 0.4) is 0 Å². The molecule has 1 aliphatic rings. The molecule has 1 rings (SSSR count). The zero-order valence-electron chi connectivity index (χ0n) is 9.42. The van der Waals surface area contributed by atoms with E-state index >= 15 is 0 Å². The number of likely N-dealkylation sites (tertiary alicyclic amines) is 1. The molecule has 1 fully saturated rings. The smallest absolute Gasteiger partial charge is 0.320 e. The highest BCUT2D eigenvalue weighted by molar-refractivity contribution is 5.73. The SMILES string of the molecule is CC(C)(C)N1CCCCCC1C(=O)O. The maximum Gasteiger partial charge on any atom is 0.320 e. The highest BCUT2D eigenvalue weighted by Crippen LogP contribution is 2.24. The number of hydrogen-bond acceptors (Lipinski definition) is 2. The quantitative estimate of drug-likeness (QED) is 0.703. The second-order valence-corrected chi connectivity index (χ2v) is 5.07. The first-order valence-corrected chi connectivity index (χ1v) is 5.42. The van der Waals surface area contributed by atoms with Crippen molar-refractivity contribution in [2.24, 2.45) is 0 Å². The van der Waals surface area contributed by atoms with E-state index in [0.717, 1.165) is 32.2 Å². The Morgan fingerprint density at radius 3 is 2.43 bits per heavy atom. The fourth-order valence-corrected chi connectivity index (χ4v) is 2.17. The average Bonchev–Trinajstić information content (AvgIpc) is 2.26. The molecule has 14 heavy (non-hydrogen) atoms. The predicted octanol–water partition coefficient (Wildman–Crippen LogP) is 2.11. The van der Waals surface area contributed by atoms with Crippen LogP contribution in [-0.4, -0.2) is 34.1 Å². The molecular formula is C11H21NO2. The topological polar surface area (TPSA) is 40.5 Å². The summed E-state index contributed by atoms with van der Waals surface area (Å²) in [7, 11) is 0. The fourth-order valence-electron chi connectivity index (χ4n) is 2.17. The highest BCUT2D eigenvalue weighted by atomic mass is 16.4. The number of carboxylic acids is 1. The van der Waals surface area contributed by atoms with Crippen molar-refractivity contribution < 1.29 is 9.90 Å². The van der Waals surface area contributed by atoms with Crippen molar-refractivity contribution in [2.75, 3.05) is 6.54 Å². The molecule has 0 bridgehead atoms. The van der Waals surface area contributed by atoms with Gasteiger partial charge in [0.2, 0.25) is 0 Å². The van der Waals surface area contributed by atoms with E-state index in [9.17, 15) is 4.79 Å². The van der Waals surface area contributed by atoms with Gasteiger partial charge in [-0.3, -0.25) is 9.69 Å². The van der Waals surface area contributed by atoms with Gasteiger partial charge in [-0.2, -0.15) is 0 Å². The minimum atomic E-state index is -0.665. The molecule has 1 unspecified atom stereocenters. The predicted molar refractivity (Wildman–Crippen MR) is 56.4 cm³/mol. The normalized spacial score (nSPS) is 25.8. The van der Waals surface area contributed by atoms with Crippen molar-refractivity contribution in [3.63, 3.8) is 0 Å². The molecule has 3 nitrogen and oxygen atoms in total. The Balaban J connectivity index is 2.79. The van der Waals surface area contributed by atoms with Gasteiger partial charge in [-0.1, -0.05) is 12.8 Å². The summed E-state index contributed by atoms with van der Waals surface area (Å²) in [6, 6.07) is -0.280. The third kappa shape index (κ3) is 2.71. The maximum absolute atomic E-state index is 11.1. The molecule has 0 radical (unpaired) electrons. The van der Waals surface area contributed by atoms with Crippen LogP contribution in [0.15, 0.2) is 0 Å². The largest absolute Gasteiger partial charge is 0.480 e. The number of carbonyl (C=O) groups is 1. The van der Waals surface area contributed by atoms with Crippen LogP contribution in [0.25, 0.3) is 0 Å². The Hall–Kier alpha value is -0.570. The minimum absolute atomic E-state index is 0.0343. The second-order valence-electron chi connectivity index (χ2n) is 5.07. The van der Waals surface area contributed by atoms with E-state index in [1.54, 1.807) is 0 Å². The molecule has 3 heteroatoms. The summed E-state index contributed by atoms with van der Waals surface area (Å²) in [5.41, 5.74) is -0.0343. The first-order chi connectivity index (χ1) is 6.43. The van der Waals surface area contributed by atoms with Crippen LogP contribution in [-0.2, 0) is 4.79 Å². The molecule has 0 aromatic heterocycles. The van der Waals surface area contributed by atoms with Gasteiger partial charge in [-0.05, 0) is 40.2 Å². The van der Waals surface area contributed by atoms with Gasteiger partial charge in [0.15, 0.2) is 0 Å². The molecule has 1 heterocycles. The second kappa shape index (κ2) is 4.30.